The van der Waals surface area contributed by atoms with Gasteiger partial charge >= 0.3 is 0 Å². The first-order valence-electron chi connectivity index (χ1n) is 6.22. The van der Waals surface area contributed by atoms with E-state index in [2.05, 4.69) is 29.6 Å². The smallest absolute Gasteiger partial charge is 0.225 e. The Labute approximate surface area is 102 Å². The molecule has 1 saturated carbocycles. The summed E-state index contributed by atoms with van der Waals surface area (Å²) < 4.78 is 1.83. The lowest BCUT2D eigenvalue weighted by Crippen LogP contribution is -2.23. The van der Waals surface area contributed by atoms with E-state index in [0.717, 1.165) is 12.2 Å². The number of rotatable bonds is 6. The molecule has 0 spiro atoms. The number of hydrogen-bond donors (Lipinski definition) is 2. The van der Waals surface area contributed by atoms with Crippen LogP contribution in [0.15, 0.2) is 12.4 Å². The van der Waals surface area contributed by atoms with Crippen LogP contribution in [0, 0.1) is 0 Å². The standard InChI is InChI=1S/C12H20N4O/c1-9(2)16-8-11(7-14-16)15-12(17)5-6-13-10-3-4-10/h7-10,13H,3-6H2,1-2H3,(H,15,17). The average molecular weight is 236 g/mol. The quantitative estimate of drug-likeness (QED) is 0.787. The monoisotopic (exact) mass is 236 g/mol. The van der Waals surface area contributed by atoms with E-state index >= 15 is 0 Å². The first-order valence-corrected chi connectivity index (χ1v) is 6.22. The average Bonchev–Trinajstić information content (AvgIpc) is 2.96. The van der Waals surface area contributed by atoms with E-state index in [0.29, 0.717) is 18.5 Å². The maximum Gasteiger partial charge on any atom is 0.225 e. The van der Waals surface area contributed by atoms with Gasteiger partial charge in [0.2, 0.25) is 5.91 Å². The van der Waals surface area contributed by atoms with Crippen molar-refractivity contribution >= 4 is 11.6 Å². The minimum Gasteiger partial charge on any atom is -0.323 e. The van der Waals surface area contributed by atoms with Gasteiger partial charge in [-0.15, -0.1) is 0 Å². The van der Waals surface area contributed by atoms with Crippen LogP contribution >= 0.6 is 0 Å². The molecule has 1 amide bonds. The molecule has 0 unspecified atom stereocenters. The number of anilines is 1. The van der Waals surface area contributed by atoms with Crippen LogP contribution in [0.25, 0.3) is 0 Å². The fraction of sp³-hybridized carbons (Fsp3) is 0.667. The van der Waals surface area contributed by atoms with Crippen LogP contribution < -0.4 is 10.6 Å². The fourth-order valence-corrected chi connectivity index (χ4v) is 1.59. The van der Waals surface area contributed by atoms with Crippen molar-refractivity contribution in [1.29, 1.82) is 0 Å². The van der Waals surface area contributed by atoms with Gasteiger partial charge < -0.3 is 10.6 Å². The molecule has 2 rings (SSSR count). The highest BCUT2D eigenvalue weighted by molar-refractivity contribution is 5.90. The SMILES string of the molecule is CC(C)n1cc(NC(=O)CCNC2CC2)cn1. The van der Waals surface area contributed by atoms with Crippen molar-refractivity contribution in [3.63, 3.8) is 0 Å². The molecule has 1 aliphatic rings. The van der Waals surface area contributed by atoms with Crippen LogP contribution in [0.1, 0.15) is 39.2 Å². The topological polar surface area (TPSA) is 59.0 Å². The van der Waals surface area contributed by atoms with Gasteiger partial charge in [-0.25, -0.2) is 0 Å². The van der Waals surface area contributed by atoms with Gasteiger partial charge in [-0.3, -0.25) is 9.48 Å². The van der Waals surface area contributed by atoms with E-state index in [-0.39, 0.29) is 5.91 Å². The summed E-state index contributed by atoms with van der Waals surface area (Å²) in [5, 5.41) is 10.3. The second-order valence-corrected chi connectivity index (χ2v) is 4.83. The first kappa shape index (κ1) is 12.1. The van der Waals surface area contributed by atoms with Crippen LogP contribution in [-0.2, 0) is 4.79 Å². The van der Waals surface area contributed by atoms with Gasteiger partial charge in [0.25, 0.3) is 0 Å². The van der Waals surface area contributed by atoms with Crippen molar-refractivity contribution in [1.82, 2.24) is 15.1 Å². The van der Waals surface area contributed by atoms with E-state index in [1.165, 1.54) is 12.8 Å². The summed E-state index contributed by atoms with van der Waals surface area (Å²) in [6.45, 7) is 4.87. The molecule has 1 heterocycles. The van der Waals surface area contributed by atoms with Crippen LogP contribution in [0.2, 0.25) is 0 Å². The Bertz CT molecular complexity index is 382. The minimum atomic E-state index is 0.0430. The molecule has 1 aromatic heterocycles. The number of nitrogens with one attached hydrogen (secondary N) is 2. The zero-order chi connectivity index (χ0) is 12.3. The van der Waals surface area contributed by atoms with E-state index in [4.69, 9.17) is 0 Å². The van der Waals surface area contributed by atoms with Crippen molar-refractivity contribution in [2.24, 2.45) is 0 Å². The Kier molecular flexibility index (Phi) is 3.78. The van der Waals surface area contributed by atoms with Gasteiger partial charge in [0.05, 0.1) is 11.9 Å². The lowest BCUT2D eigenvalue weighted by atomic mass is 10.3. The molecule has 2 N–H and O–H groups in total. The van der Waals surface area contributed by atoms with Gasteiger partial charge in [-0.1, -0.05) is 0 Å². The zero-order valence-electron chi connectivity index (χ0n) is 10.4. The molecule has 1 fully saturated rings. The van der Waals surface area contributed by atoms with E-state index in [9.17, 15) is 4.79 Å². The molecule has 17 heavy (non-hydrogen) atoms. The van der Waals surface area contributed by atoms with Crippen LogP contribution in [0.5, 0.6) is 0 Å². The lowest BCUT2D eigenvalue weighted by molar-refractivity contribution is -0.116. The summed E-state index contributed by atoms with van der Waals surface area (Å²) >= 11 is 0. The number of carbonyl (C=O) groups excluding carboxylic acids is 1. The van der Waals surface area contributed by atoms with Crippen molar-refractivity contribution in [3.8, 4) is 0 Å². The Hall–Kier alpha value is -1.36. The largest absolute Gasteiger partial charge is 0.323 e. The summed E-state index contributed by atoms with van der Waals surface area (Å²) in [4.78, 5) is 11.6. The normalized spacial score (nSPS) is 15.2. The van der Waals surface area contributed by atoms with E-state index in [1.807, 2.05) is 10.9 Å². The zero-order valence-corrected chi connectivity index (χ0v) is 10.4. The Morgan fingerprint density at radius 2 is 2.35 bits per heavy atom. The predicted molar refractivity (Wildman–Crippen MR) is 66.9 cm³/mol. The molecule has 1 aromatic rings. The van der Waals surface area contributed by atoms with Gasteiger partial charge in [-0.2, -0.15) is 5.10 Å². The Morgan fingerprint density at radius 1 is 1.59 bits per heavy atom. The molecular weight excluding hydrogens is 216 g/mol. The molecule has 0 radical (unpaired) electrons. The van der Waals surface area contributed by atoms with Crippen LogP contribution in [-0.4, -0.2) is 28.3 Å². The molecule has 0 bridgehead atoms. The molecule has 1 aliphatic carbocycles. The number of amides is 1. The third kappa shape index (κ3) is 3.85. The number of nitrogens with zero attached hydrogens (tertiary/aromatic N) is 2. The highest BCUT2D eigenvalue weighted by atomic mass is 16.1. The summed E-state index contributed by atoms with van der Waals surface area (Å²) in [6, 6.07) is 0.976. The number of carbonyl (C=O) groups is 1. The molecule has 0 atom stereocenters. The van der Waals surface area contributed by atoms with Crippen LogP contribution in [0.3, 0.4) is 0 Å². The molecule has 0 aromatic carbocycles. The van der Waals surface area contributed by atoms with Crippen molar-refractivity contribution < 1.29 is 4.79 Å². The summed E-state index contributed by atoms with van der Waals surface area (Å²) in [5.74, 6) is 0.0430. The maximum absolute atomic E-state index is 11.6. The van der Waals surface area contributed by atoms with Gasteiger partial charge in [0.15, 0.2) is 0 Å². The summed E-state index contributed by atoms with van der Waals surface area (Å²) in [5.41, 5.74) is 0.773. The molecule has 5 nitrogen and oxygen atoms in total. The fourth-order valence-electron chi connectivity index (χ4n) is 1.59. The minimum absolute atomic E-state index is 0.0430. The number of aromatic nitrogens is 2. The van der Waals surface area contributed by atoms with Gasteiger partial charge in [-0.05, 0) is 26.7 Å². The van der Waals surface area contributed by atoms with Crippen LogP contribution in [0.4, 0.5) is 5.69 Å². The summed E-state index contributed by atoms with van der Waals surface area (Å²) in [7, 11) is 0. The highest BCUT2D eigenvalue weighted by Gasteiger charge is 2.20. The maximum atomic E-state index is 11.6. The van der Waals surface area contributed by atoms with Crippen molar-refractivity contribution in [2.75, 3.05) is 11.9 Å². The molecule has 0 aliphatic heterocycles. The number of hydrogen-bond acceptors (Lipinski definition) is 3. The Morgan fingerprint density at radius 3 is 2.94 bits per heavy atom. The molecule has 5 heteroatoms. The van der Waals surface area contributed by atoms with Gasteiger partial charge in [0.1, 0.15) is 0 Å². The first-order chi connectivity index (χ1) is 8.15. The molecular formula is C12H20N4O. The third-order valence-electron chi connectivity index (χ3n) is 2.78. The predicted octanol–water partition coefficient (Wildman–Crippen LogP) is 1.54. The van der Waals surface area contributed by atoms with Crippen molar-refractivity contribution in [3.05, 3.63) is 12.4 Å². The van der Waals surface area contributed by atoms with E-state index in [1.54, 1.807) is 6.20 Å². The molecule has 0 saturated heterocycles. The van der Waals surface area contributed by atoms with Crippen molar-refractivity contribution in [2.45, 2.75) is 45.2 Å². The third-order valence-corrected chi connectivity index (χ3v) is 2.78. The van der Waals surface area contributed by atoms with Gasteiger partial charge in [0, 0.05) is 31.2 Å². The Balaban J connectivity index is 1.72. The lowest BCUT2D eigenvalue weighted by Gasteiger charge is -2.04. The second kappa shape index (κ2) is 5.31. The second-order valence-electron chi connectivity index (χ2n) is 4.83. The van der Waals surface area contributed by atoms with E-state index < -0.39 is 0 Å². The summed E-state index contributed by atoms with van der Waals surface area (Å²) in [6.07, 6.45) is 6.57. The molecule has 94 valence electrons. The highest BCUT2D eigenvalue weighted by Crippen LogP contribution is 2.18.